The van der Waals surface area contributed by atoms with Crippen molar-refractivity contribution >= 4 is 11.9 Å². The molecule has 1 aliphatic rings. The molecule has 0 bridgehead atoms. The van der Waals surface area contributed by atoms with Crippen molar-refractivity contribution < 1.29 is 29.2 Å². The van der Waals surface area contributed by atoms with Crippen molar-refractivity contribution in [1.29, 1.82) is 0 Å². The van der Waals surface area contributed by atoms with Crippen LogP contribution in [-0.2, 0) is 24.1 Å². The maximum Gasteiger partial charge on any atom is 0.311 e. The molecule has 2 unspecified atom stereocenters. The summed E-state index contributed by atoms with van der Waals surface area (Å²) in [5.74, 6) is -1.37. The molecule has 0 amide bonds. The quantitative estimate of drug-likeness (QED) is 0.305. The Kier molecular flexibility index (Phi) is 7.82. The third-order valence-corrected chi connectivity index (χ3v) is 4.43. The molecular weight excluding hydrogens is 288 g/mol. The smallest absolute Gasteiger partial charge is 0.311 e. The van der Waals surface area contributed by atoms with Gasteiger partial charge in [-0.3, -0.25) is 9.59 Å². The average molecular weight is 316 g/mol. The van der Waals surface area contributed by atoms with Crippen LogP contribution in [0.1, 0.15) is 52.9 Å². The largest absolute Gasteiger partial charge is 0.481 e. The van der Waals surface area contributed by atoms with E-state index in [0.29, 0.717) is 12.8 Å². The second-order valence-corrected chi connectivity index (χ2v) is 6.47. The number of esters is 1. The molecule has 1 fully saturated rings. The SMILES string of the molecule is CCC(C)(C)C(=O)OCCOOCC1CCCCC1C(=O)O. The Morgan fingerprint density at radius 2 is 1.82 bits per heavy atom. The van der Waals surface area contributed by atoms with Crippen LogP contribution in [0.15, 0.2) is 0 Å². The van der Waals surface area contributed by atoms with E-state index in [1.54, 1.807) is 0 Å². The standard InChI is InChI=1S/C16H28O6/c1-4-16(2,3)15(19)20-9-10-21-22-11-12-7-5-6-8-13(12)14(17)18/h12-13H,4-11H2,1-3H3,(H,17,18). The lowest BCUT2D eigenvalue weighted by molar-refractivity contribution is -0.307. The highest BCUT2D eigenvalue weighted by Gasteiger charge is 2.31. The predicted octanol–water partition coefficient (Wildman–Crippen LogP) is 2.81. The first-order valence-corrected chi connectivity index (χ1v) is 8.03. The van der Waals surface area contributed by atoms with Crippen molar-refractivity contribution in [1.82, 2.24) is 0 Å². The minimum Gasteiger partial charge on any atom is -0.481 e. The van der Waals surface area contributed by atoms with Gasteiger partial charge in [0, 0.05) is 0 Å². The lowest BCUT2D eigenvalue weighted by Gasteiger charge is -2.27. The summed E-state index contributed by atoms with van der Waals surface area (Å²) in [5.41, 5.74) is -0.488. The van der Waals surface area contributed by atoms with Gasteiger partial charge in [0.05, 0.1) is 17.9 Å². The van der Waals surface area contributed by atoms with Gasteiger partial charge < -0.3 is 9.84 Å². The fourth-order valence-electron chi connectivity index (χ4n) is 2.43. The number of carbonyl (C=O) groups is 2. The lowest BCUT2D eigenvalue weighted by atomic mass is 9.80. The molecule has 0 spiro atoms. The van der Waals surface area contributed by atoms with Crippen LogP contribution in [0, 0.1) is 17.3 Å². The molecule has 1 rings (SSSR count). The van der Waals surface area contributed by atoms with E-state index in [1.807, 2.05) is 20.8 Å². The number of hydrogen-bond donors (Lipinski definition) is 1. The van der Waals surface area contributed by atoms with E-state index in [0.717, 1.165) is 19.3 Å². The van der Waals surface area contributed by atoms with Gasteiger partial charge in [0.15, 0.2) is 0 Å². The molecule has 22 heavy (non-hydrogen) atoms. The van der Waals surface area contributed by atoms with Gasteiger partial charge in [-0.05, 0) is 39.0 Å². The van der Waals surface area contributed by atoms with E-state index >= 15 is 0 Å². The lowest BCUT2D eigenvalue weighted by Crippen LogP contribution is -2.30. The fourth-order valence-corrected chi connectivity index (χ4v) is 2.43. The summed E-state index contributed by atoms with van der Waals surface area (Å²) >= 11 is 0. The highest BCUT2D eigenvalue weighted by Crippen LogP contribution is 2.30. The molecule has 1 saturated carbocycles. The predicted molar refractivity (Wildman–Crippen MR) is 80.0 cm³/mol. The third kappa shape index (κ3) is 5.93. The van der Waals surface area contributed by atoms with E-state index in [9.17, 15) is 9.59 Å². The van der Waals surface area contributed by atoms with E-state index in [-0.39, 0.29) is 37.6 Å². The van der Waals surface area contributed by atoms with E-state index < -0.39 is 11.4 Å². The van der Waals surface area contributed by atoms with Crippen molar-refractivity contribution in [2.75, 3.05) is 19.8 Å². The van der Waals surface area contributed by atoms with E-state index in [4.69, 9.17) is 19.6 Å². The van der Waals surface area contributed by atoms with Crippen molar-refractivity contribution in [3.8, 4) is 0 Å². The first-order chi connectivity index (χ1) is 10.4. The number of aliphatic carboxylic acids is 1. The van der Waals surface area contributed by atoms with Crippen LogP contribution in [0.4, 0.5) is 0 Å². The average Bonchev–Trinajstić information content (AvgIpc) is 2.50. The van der Waals surface area contributed by atoms with Crippen LogP contribution in [0.3, 0.4) is 0 Å². The Bertz CT molecular complexity index is 366. The number of hydrogen-bond acceptors (Lipinski definition) is 5. The maximum atomic E-state index is 11.7. The van der Waals surface area contributed by atoms with Crippen LogP contribution in [0.5, 0.6) is 0 Å². The van der Waals surface area contributed by atoms with Gasteiger partial charge in [0.25, 0.3) is 0 Å². The van der Waals surface area contributed by atoms with Gasteiger partial charge in [-0.2, -0.15) is 0 Å². The Morgan fingerprint density at radius 3 is 2.45 bits per heavy atom. The normalized spacial score (nSPS) is 22.3. The molecule has 0 aromatic heterocycles. The molecule has 0 saturated heterocycles. The Morgan fingerprint density at radius 1 is 1.14 bits per heavy atom. The summed E-state index contributed by atoms with van der Waals surface area (Å²) in [6, 6.07) is 0. The zero-order valence-electron chi connectivity index (χ0n) is 13.8. The maximum absolute atomic E-state index is 11.7. The van der Waals surface area contributed by atoms with Crippen LogP contribution in [0.2, 0.25) is 0 Å². The van der Waals surface area contributed by atoms with Gasteiger partial charge in [-0.15, -0.1) is 0 Å². The number of ether oxygens (including phenoxy) is 1. The Balaban J connectivity index is 2.15. The molecule has 6 nitrogen and oxygen atoms in total. The van der Waals surface area contributed by atoms with E-state index in [2.05, 4.69) is 0 Å². The number of rotatable bonds is 9. The van der Waals surface area contributed by atoms with Crippen molar-refractivity contribution in [3.63, 3.8) is 0 Å². The molecule has 0 heterocycles. The van der Waals surface area contributed by atoms with Gasteiger partial charge in [-0.25, -0.2) is 9.78 Å². The minimum absolute atomic E-state index is 0.00664. The summed E-state index contributed by atoms with van der Waals surface area (Å²) < 4.78 is 5.11. The van der Waals surface area contributed by atoms with Crippen LogP contribution in [0.25, 0.3) is 0 Å². The number of carboxylic acids is 1. The van der Waals surface area contributed by atoms with Gasteiger partial charge in [0.2, 0.25) is 0 Å². The topological polar surface area (TPSA) is 82.1 Å². The van der Waals surface area contributed by atoms with Crippen LogP contribution in [-0.4, -0.2) is 36.9 Å². The number of carbonyl (C=O) groups excluding carboxylic acids is 1. The van der Waals surface area contributed by atoms with Gasteiger partial charge >= 0.3 is 11.9 Å². The first-order valence-electron chi connectivity index (χ1n) is 8.03. The summed E-state index contributed by atoms with van der Waals surface area (Å²) in [7, 11) is 0. The van der Waals surface area contributed by atoms with Crippen LogP contribution < -0.4 is 0 Å². The molecule has 1 N–H and O–H groups in total. The van der Waals surface area contributed by atoms with Gasteiger partial charge in [-0.1, -0.05) is 19.8 Å². The first kappa shape index (κ1) is 18.9. The highest BCUT2D eigenvalue weighted by atomic mass is 17.2. The highest BCUT2D eigenvalue weighted by molar-refractivity contribution is 5.75. The fraction of sp³-hybridized carbons (Fsp3) is 0.875. The van der Waals surface area contributed by atoms with Crippen LogP contribution >= 0.6 is 0 Å². The molecule has 0 radical (unpaired) electrons. The molecular formula is C16H28O6. The van der Waals surface area contributed by atoms with Crippen molar-refractivity contribution in [2.45, 2.75) is 52.9 Å². The molecule has 1 aliphatic carbocycles. The Labute approximate surface area is 132 Å². The van der Waals surface area contributed by atoms with Gasteiger partial charge in [0.1, 0.15) is 13.2 Å². The molecule has 0 aromatic rings. The van der Waals surface area contributed by atoms with Crippen molar-refractivity contribution in [2.24, 2.45) is 17.3 Å². The zero-order valence-corrected chi connectivity index (χ0v) is 13.8. The summed E-state index contributed by atoms with van der Waals surface area (Å²) in [6.45, 7) is 6.16. The van der Waals surface area contributed by atoms with E-state index in [1.165, 1.54) is 0 Å². The minimum atomic E-state index is -0.760. The molecule has 2 atom stereocenters. The monoisotopic (exact) mass is 316 g/mol. The second-order valence-electron chi connectivity index (χ2n) is 6.47. The molecule has 0 aliphatic heterocycles. The van der Waals surface area contributed by atoms with Crippen molar-refractivity contribution in [3.05, 3.63) is 0 Å². The zero-order chi connectivity index (χ0) is 16.6. The second kappa shape index (κ2) is 9.10. The third-order valence-electron chi connectivity index (χ3n) is 4.43. The summed E-state index contributed by atoms with van der Waals surface area (Å²) in [4.78, 5) is 32.9. The number of carboxylic acid groups (broad SMARTS) is 1. The molecule has 128 valence electrons. The molecule has 6 heteroatoms. The summed E-state index contributed by atoms with van der Waals surface area (Å²) in [5, 5.41) is 9.16. The Hall–Kier alpha value is -1.14. The summed E-state index contributed by atoms with van der Waals surface area (Å²) in [6.07, 6.45) is 4.24. The molecule has 0 aromatic carbocycles.